The van der Waals surface area contributed by atoms with Gasteiger partial charge in [-0.3, -0.25) is 4.79 Å². The third-order valence-electron chi connectivity index (χ3n) is 2.67. The molecule has 0 aliphatic rings. The highest BCUT2D eigenvalue weighted by atomic mass is 16.5. The van der Waals surface area contributed by atoms with Crippen molar-refractivity contribution in [2.24, 2.45) is 0 Å². The van der Waals surface area contributed by atoms with Gasteiger partial charge in [0.1, 0.15) is 0 Å². The minimum atomic E-state index is -0.0462. The molecule has 1 atom stereocenters. The average Bonchev–Trinajstić information content (AvgIpc) is 2.37. The van der Waals surface area contributed by atoms with E-state index in [1.807, 2.05) is 38.1 Å². The molecule has 0 heterocycles. The molecule has 18 heavy (non-hydrogen) atoms. The number of para-hydroxylation sites is 1. The van der Waals surface area contributed by atoms with E-state index in [0.29, 0.717) is 12.2 Å². The van der Waals surface area contributed by atoms with Gasteiger partial charge in [0.15, 0.2) is 0 Å². The highest BCUT2D eigenvalue weighted by Crippen LogP contribution is 2.14. The van der Waals surface area contributed by atoms with E-state index in [4.69, 9.17) is 4.74 Å². The Labute approximate surface area is 109 Å². The number of hydrogen-bond donors (Lipinski definition) is 2. The predicted octanol–water partition coefficient (Wildman–Crippen LogP) is 2.27. The SMILES string of the molecule is CCNc1ccccc1C(=O)NC(C)CCOC. The van der Waals surface area contributed by atoms with Crippen LogP contribution in [0.4, 0.5) is 5.69 Å². The molecule has 0 saturated carbocycles. The molecule has 100 valence electrons. The largest absolute Gasteiger partial charge is 0.385 e. The quantitative estimate of drug-likeness (QED) is 0.780. The number of anilines is 1. The number of rotatable bonds is 7. The number of nitrogens with one attached hydrogen (secondary N) is 2. The normalized spacial score (nSPS) is 11.9. The summed E-state index contributed by atoms with van der Waals surface area (Å²) < 4.78 is 5.00. The zero-order valence-electron chi connectivity index (χ0n) is 11.3. The second-order valence-corrected chi connectivity index (χ2v) is 4.23. The zero-order valence-corrected chi connectivity index (χ0v) is 11.3. The number of methoxy groups -OCH3 is 1. The molecule has 0 saturated heterocycles. The van der Waals surface area contributed by atoms with Crippen LogP contribution in [0.25, 0.3) is 0 Å². The van der Waals surface area contributed by atoms with Crippen LogP contribution in [0.5, 0.6) is 0 Å². The molecule has 0 fully saturated rings. The topological polar surface area (TPSA) is 50.4 Å². The van der Waals surface area contributed by atoms with Crippen molar-refractivity contribution in [3.63, 3.8) is 0 Å². The van der Waals surface area contributed by atoms with Crippen LogP contribution in [0, 0.1) is 0 Å². The lowest BCUT2D eigenvalue weighted by molar-refractivity contribution is 0.0930. The Bertz CT molecular complexity index is 380. The number of amides is 1. The van der Waals surface area contributed by atoms with Gasteiger partial charge in [0.05, 0.1) is 5.56 Å². The van der Waals surface area contributed by atoms with Gasteiger partial charge >= 0.3 is 0 Å². The molecular weight excluding hydrogens is 228 g/mol. The third kappa shape index (κ3) is 4.37. The Morgan fingerprint density at radius 3 is 2.78 bits per heavy atom. The molecule has 1 aromatic carbocycles. The van der Waals surface area contributed by atoms with Crippen molar-refractivity contribution >= 4 is 11.6 Å². The predicted molar refractivity (Wildman–Crippen MR) is 74.0 cm³/mol. The van der Waals surface area contributed by atoms with Crippen molar-refractivity contribution in [2.75, 3.05) is 25.6 Å². The van der Waals surface area contributed by atoms with Gasteiger partial charge in [0.25, 0.3) is 5.91 Å². The molecule has 4 heteroatoms. The Hall–Kier alpha value is -1.55. The summed E-state index contributed by atoms with van der Waals surface area (Å²) in [6, 6.07) is 7.64. The standard InChI is InChI=1S/C14H22N2O2/c1-4-15-13-8-6-5-7-12(13)14(17)16-11(2)9-10-18-3/h5-8,11,15H,4,9-10H2,1-3H3,(H,16,17). The van der Waals surface area contributed by atoms with Gasteiger partial charge in [0.2, 0.25) is 0 Å². The molecule has 1 rings (SSSR count). The van der Waals surface area contributed by atoms with Gasteiger partial charge < -0.3 is 15.4 Å². The van der Waals surface area contributed by atoms with Crippen LogP contribution in [0.15, 0.2) is 24.3 Å². The molecule has 0 spiro atoms. The first-order chi connectivity index (χ1) is 8.69. The summed E-state index contributed by atoms with van der Waals surface area (Å²) in [6.45, 7) is 5.43. The minimum absolute atomic E-state index is 0.0462. The summed E-state index contributed by atoms with van der Waals surface area (Å²) in [5.74, 6) is -0.0462. The summed E-state index contributed by atoms with van der Waals surface area (Å²) in [6.07, 6.45) is 0.811. The number of carbonyl (C=O) groups excluding carboxylic acids is 1. The summed E-state index contributed by atoms with van der Waals surface area (Å²) in [5, 5.41) is 6.16. The van der Waals surface area contributed by atoms with E-state index in [1.165, 1.54) is 0 Å². The maximum absolute atomic E-state index is 12.1. The van der Waals surface area contributed by atoms with Gasteiger partial charge in [0, 0.05) is 32.0 Å². The zero-order chi connectivity index (χ0) is 13.4. The molecular formula is C14H22N2O2. The third-order valence-corrected chi connectivity index (χ3v) is 2.67. The fourth-order valence-corrected chi connectivity index (χ4v) is 1.69. The van der Waals surface area contributed by atoms with E-state index < -0.39 is 0 Å². The van der Waals surface area contributed by atoms with Crippen molar-refractivity contribution in [1.82, 2.24) is 5.32 Å². The first-order valence-corrected chi connectivity index (χ1v) is 6.31. The summed E-state index contributed by atoms with van der Waals surface area (Å²) in [5.41, 5.74) is 1.56. The fourth-order valence-electron chi connectivity index (χ4n) is 1.69. The first-order valence-electron chi connectivity index (χ1n) is 6.31. The average molecular weight is 250 g/mol. The molecule has 4 nitrogen and oxygen atoms in total. The Kier molecular flexibility index (Phi) is 6.22. The van der Waals surface area contributed by atoms with Crippen LogP contribution in [-0.4, -0.2) is 32.2 Å². The van der Waals surface area contributed by atoms with Crippen LogP contribution in [0.1, 0.15) is 30.6 Å². The monoisotopic (exact) mass is 250 g/mol. The number of ether oxygens (including phenoxy) is 1. The van der Waals surface area contributed by atoms with Crippen molar-refractivity contribution < 1.29 is 9.53 Å². The number of carbonyl (C=O) groups is 1. The Morgan fingerprint density at radius 2 is 2.11 bits per heavy atom. The van der Waals surface area contributed by atoms with Crippen molar-refractivity contribution in [3.05, 3.63) is 29.8 Å². The highest BCUT2D eigenvalue weighted by Gasteiger charge is 2.12. The van der Waals surface area contributed by atoms with Crippen LogP contribution < -0.4 is 10.6 Å². The van der Waals surface area contributed by atoms with Crippen LogP contribution in [0.2, 0.25) is 0 Å². The van der Waals surface area contributed by atoms with Gasteiger partial charge in [-0.25, -0.2) is 0 Å². The molecule has 0 aromatic heterocycles. The summed E-state index contributed by atoms with van der Waals surface area (Å²) >= 11 is 0. The van der Waals surface area contributed by atoms with E-state index >= 15 is 0 Å². The van der Waals surface area contributed by atoms with Crippen molar-refractivity contribution in [1.29, 1.82) is 0 Å². The number of hydrogen-bond acceptors (Lipinski definition) is 3. The first kappa shape index (κ1) is 14.5. The second-order valence-electron chi connectivity index (χ2n) is 4.23. The summed E-state index contributed by atoms with van der Waals surface area (Å²) in [4.78, 5) is 12.1. The number of benzene rings is 1. The van der Waals surface area contributed by atoms with E-state index in [0.717, 1.165) is 18.7 Å². The molecule has 0 aliphatic carbocycles. The maximum Gasteiger partial charge on any atom is 0.253 e. The molecule has 1 amide bonds. The van der Waals surface area contributed by atoms with E-state index in [1.54, 1.807) is 7.11 Å². The molecule has 2 N–H and O–H groups in total. The van der Waals surface area contributed by atoms with Crippen molar-refractivity contribution in [2.45, 2.75) is 26.3 Å². The highest BCUT2D eigenvalue weighted by molar-refractivity contribution is 5.99. The molecule has 0 radical (unpaired) electrons. The Morgan fingerprint density at radius 1 is 1.39 bits per heavy atom. The molecule has 1 aromatic rings. The second kappa shape index (κ2) is 7.71. The van der Waals surface area contributed by atoms with Gasteiger partial charge in [-0.1, -0.05) is 12.1 Å². The molecule has 0 bridgehead atoms. The summed E-state index contributed by atoms with van der Waals surface area (Å²) in [7, 11) is 1.66. The fraction of sp³-hybridized carbons (Fsp3) is 0.500. The maximum atomic E-state index is 12.1. The molecule has 0 aliphatic heterocycles. The lowest BCUT2D eigenvalue weighted by atomic mass is 10.1. The van der Waals surface area contributed by atoms with Crippen LogP contribution in [0.3, 0.4) is 0 Å². The van der Waals surface area contributed by atoms with Gasteiger partial charge in [-0.15, -0.1) is 0 Å². The smallest absolute Gasteiger partial charge is 0.253 e. The molecule has 1 unspecified atom stereocenters. The van der Waals surface area contributed by atoms with Gasteiger partial charge in [-0.05, 0) is 32.4 Å². The minimum Gasteiger partial charge on any atom is -0.385 e. The van der Waals surface area contributed by atoms with E-state index in [2.05, 4.69) is 10.6 Å². The Balaban J connectivity index is 2.65. The van der Waals surface area contributed by atoms with Crippen LogP contribution in [-0.2, 0) is 4.74 Å². The van der Waals surface area contributed by atoms with Crippen molar-refractivity contribution in [3.8, 4) is 0 Å². The van der Waals surface area contributed by atoms with Crippen LogP contribution >= 0.6 is 0 Å². The van der Waals surface area contributed by atoms with E-state index in [-0.39, 0.29) is 11.9 Å². The van der Waals surface area contributed by atoms with E-state index in [9.17, 15) is 4.79 Å². The van der Waals surface area contributed by atoms with Gasteiger partial charge in [-0.2, -0.15) is 0 Å². The lowest BCUT2D eigenvalue weighted by Crippen LogP contribution is -2.33. The lowest BCUT2D eigenvalue weighted by Gasteiger charge is -2.15.